The van der Waals surface area contributed by atoms with Crippen molar-refractivity contribution < 1.29 is 14.3 Å². The molecule has 1 aromatic heterocycles. The number of rotatable bonds is 10. The first-order valence-electron chi connectivity index (χ1n) is 10.1. The van der Waals surface area contributed by atoms with E-state index in [9.17, 15) is 9.59 Å². The smallest absolute Gasteiger partial charge is 0.257 e. The lowest BCUT2D eigenvalue weighted by Crippen LogP contribution is -2.19. The SMILES string of the molecule is C=CCn1c(C)nnc1SCC(=O)Nc1ccccc1C(=O)Nc1ccc(OCC)cc1. The number of carbonyl (C=O) groups is 2. The van der Waals surface area contributed by atoms with Crippen molar-refractivity contribution in [2.24, 2.45) is 0 Å². The van der Waals surface area contributed by atoms with E-state index < -0.39 is 0 Å². The van der Waals surface area contributed by atoms with Gasteiger partial charge < -0.3 is 19.9 Å². The lowest BCUT2D eigenvalue weighted by molar-refractivity contribution is -0.113. The molecule has 0 unspecified atom stereocenters. The summed E-state index contributed by atoms with van der Waals surface area (Å²) in [5.41, 5.74) is 1.43. The number of hydrogen-bond acceptors (Lipinski definition) is 6. The predicted octanol–water partition coefficient (Wildman–Crippen LogP) is 4.15. The number of allylic oxidation sites excluding steroid dienone is 1. The van der Waals surface area contributed by atoms with E-state index in [1.165, 1.54) is 11.8 Å². The van der Waals surface area contributed by atoms with Crippen LogP contribution >= 0.6 is 11.8 Å². The average molecular weight is 452 g/mol. The van der Waals surface area contributed by atoms with Crippen LogP contribution in [0.3, 0.4) is 0 Å². The molecule has 3 aromatic rings. The van der Waals surface area contributed by atoms with Gasteiger partial charge in [-0.25, -0.2) is 0 Å². The molecule has 0 saturated heterocycles. The number of benzene rings is 2. The van der Waals surface area contributed by atoms with Gasteiger partial charge in [-0.3, -0.25) is 9.59 Å². The first-order valence-corrected chi connectivity index (χ1v) is 11.1. The molecule has 0 aliphatic heterocycles. The van der Waals surface area contributed by atoms with Crippen LogP contribution in [0.15, 0.2) is 66.3 Å². The average Bonchev–Trinajstić information content (AvgIpc) is 3.14. The molecule has 1 heterocycles. The van der Waals surface area contributed by atoms with E-state index in [0.29, 0.717) is 35.2 Å². The summed E-state index contributed by atoms with van der Waals surface area (Å²) in [5.74, 6) is 1.05. The third-order valence-corrected chi connectivity index (χ3v) is 5.38. The molecule has 0 bridgehead atoms. The van der Waals surface area contributed by atoms with Crippen LogP contribution in [0.1, 0.15) is 23.1 Å². The summed E-state index contributed by atoms with van der Waals surface area (Å²) in [5, 5.41) is 14.4. The largest absolute Gasteiger partial charge is 0.494 e. The van der Waals surface area contributed by atoms with Gasteiger partial charge >= 0.3 is 0 Å². The lowest BCUT2D eigenvalue weighted by Gasteiger charge is -2.12. The second-order valence-corrected chi connectivity index (χ2v) is 7.67. The van der Waals surface area contributed by atoms with Gasteiger partial charge in [0, 0.05) is 12.2 Å². The molecule has 2 aromatic carbocycles. The van der Waals surface area contributed by atoms with Crippen LogP contribution in [0, 0.1) is 6.92 Å². The number of nitrogens with zero attached hydrogens (tertiary/aromatic N) is 3. The standard InChI is InChI=1S/C23H25N5O3S/c1-4-14-28-16(3)26-27-23(28)32-15-21(29)25-20-9-7-6-8-19(20)22(30)24-17-10-12-18(13-11-17)31-5-2/h4,6-13H,1,5,14-15H2,2-3H3,(H,24,30)(H,25,29). The molecular formula is C23H25N5O3S. The second-order valence-electron chi connectivity index (χ2n) is 6.72. The predicted molar refractivity (Wildman–Crippen MR) is 126 cm³/mol. The number of thioether (sulfide) groups is 1. The van der Waals surface area contributed by atoms with E-state index in [-0.39, 0.29) is 17.6 Å². The Bertz CT molecular complexity index is 1100. The van der Waals surface area contributed by atoms with Gasteiger partial charge in [-0.05, 0) is 50.2 Å². The van der Waals surface area contributed by atoms with Gasteiger partial charge in [0.2, 0.25) is 5.91 Å². The minimum Gasteiger partial charge on any atom is -0.494 e. The summed E-state index contributed by atoms with van der Waals surface area (Å²) in [7, 11) is 0. The van der Waals surface area contributed by atoms with Crippen molar-refractivity contribution in [3.63, 3.8) is 0 Å². The van der Waals surface area contributed by atoms with Gasteiger partial charge in [-0.15, -0.1) is 16.8 Å². The highest BCUT2D eigenvalue weighted by Gasteiger charge is 2.15. The number of anilines is 2. The van der Waals surface area contributed by atoms with Crippen molar-refractivity contribution in [2.45, 2.75) is 25.5 Å². The van der Waals surface area contributed by atoms with Crippen LogP contribution in [-0.4, -0.2) is 38.9 Å². The molecule has 0 radical (unpaired) electrons. The quantitative estimate of drug-likeness (QED) is 0.355. The number of carbonyl (C=O) groups excluding carboxylic acids is 2. The van der Waals surface area contributed by atoms with Crippen LogP contribution in [0.4, 0.5) is 11.4 Å². The maximum absolute atomic E-state index is 12.8. The van der Waals surface area contributed by atoms with Crippen LogP contribution < -0.4 is 15.4 Å². The monoisotopic (exact) mass is 451 g/mol. The highest BCUT2D eigenvalue weighted by molar-refractivity contribution is 7.99. The Morgan fingerprint density at radius 1 is 1.12 bits per heavy atom. The molecule has 0 fully saturated rings. The topological polar surface area (TPSA) is 98.1 Å². The molecule has 32 heavy (non-hydrogen) atoms. The van der Waals surface area contributed by atoms with Crippen LogP contribution in [-0.2, 0) is 11.3 Å². The minimum absolute atomic E-state index is 0.129. The Morgan fingerprint density at radius 3 is 2.59 bits per heavy atom. The first-order chi connectivity index (χ1) is 15.5. The summed E-state index contributed by atoms with van der Waals surface area (Å²) in [6, 6.07) is 14.0. The van der Waals surface area contributed by atoms with Crippen molar-refractivity contribution in [3.05, 3.63) is 72.6 Å². The molecule has 0 atom stereocenters. The highest BCUT2D eigenvalue weighted by Crippen LogP contribution is 2.21. The maximum atomic E-state index is 12.8. The summed E-state index contributed by atoms with van der Waals surface area (Å²) in [4.78, 5) is 25.3. The number of para-hydroxylation sites is 1. The molecule has 8 nitrogen and oxygen atoms in total. The molecule has 0 aliphatic carbocycles. The molecule has 9 heteroatoms. The third kappa shape index (κ3) is 5.98. The van der Waals surface area contributed by atoms with E-state index in [1.807, 2.05) is 18.4 Å². The van der Waals surface area contributed by atoms with Crippen molar-refractivity contribution in [1.82, 2.24) is 14.8 Å². The molecule has 2 amide bonds. The van der Waals surface area contributed by atoms with Gasteiger partial charge in [-0.1, -0.05) is 30.0 Å². The van der Waals surface area contributed by atoms with Gasteiger partial charge in [0.25, 0.3) is 5.91 Å². The van der Waals surface area contributed by atoms with Crippen molar-refractivity contribution >= 4 is 35.0 Å². The Kier molecular flexibility index (Phi) is 8.04. The highest BCUT2D eigenvalue weighted by atomic mass is 32.2. The fourth-order valence-electron chi connectivity index (χ4n) is 2.91. The summed E-state index contributed by atoms with van der Waals surface area (Å²) < 4.78 is 7.29. The molecule has 3 rings (SSSR count). The van der Waals surface area contributed by atoms with Gasteiger partial charge in [-0.2, -0.15) is 0 Å². The summed E-state index contributed by atoms with van der Waals surface area (Å²) in [6.45, 7) is 8.62. The van der Waals surface area contributed by atoms with E-state index in [0.717, 1.165) is 11.6 Å². The van der Waals surface area contributed by atoms with E-state index in [2.05, 4.69) is 27.4 Å². The van der Waals surface area contributed by atoms with E-state index in [1.54, 1.807) is 54.6 Å². The van der Waals surface area contributed by atoms with Crippen molar-refractivity contribution in [1.29, 1.82) is 0 Å². The molecule has 0 aliphatic rings. The molecular weight excluding hydrogens is 426 g/mol. The second kappa shape index (κ2) is 11.1. The number of aryl methyl sites for hydroxylation is 1. The summed E-state index contributed by atoms with van der Waals surface area (Å²) >= 11 is 1.27. The first kappa shape index (κ1) is 23.1. The van der Waals surface area contributed by atoms with E-state index in [4.69, 9.17) is 4.74 Å². The van der Waals surface area contributed by atoms with Gasteiger partial charge in [0.15, 0.2) is 5.16 Å². The Hall–Kier alpha value is -3.59. The number of aromatic nitrogens is 3. The Labute approximate surface area is 191 Å². The zero-order chi connectivity index (χ0) is 22.9. The number of ether oxygens (including phenoxy) is 1. The van der Waals surface area contributed by atoms with Gasteiger partial charge in [0.1, 0.15) is 11.6 Å². The fraction of sp³-hybridized carbons (Fsp3) is 0.217. The third-order valence-electron chi connectivity index (χ3n) is 4.41. The molecule has 2 N–H and O–H groups in total. The van der Waals surface area contributed by atoms with Crippen LogP contribution in [0.2, 0.25) is 0 Å². The summed E-state index contributed by atoms with van der Waals surface area (Å²) in [6.07, 6.45) is 1.75. The fourth-order valence-corrected chi connectivity index (χ4v) is 3.71. The lowest BCUT2D eigenvalue weighted by atomic mass is 10.1. The Balaban J connectivity index is 1.63. The van der Waals surface area contributed by atoms with Crippen molar-refractivity contribution in [3.8, 4) is 5.75 Å². The molecule has 0 spiro atoms. The number of amides is 2. The zero-order valence-corrected chi connectivity index (χ0v) is 18.8. The van der Waals surface area contributed by atoms with E-state index >= 15 is 0 Å². The van der Waals surface area contributed by atoms with Crippen molar-refractivity contribution in [2.75, 3.05) is 23.0 Å². The van der Waals surface area contributed by atoms with Crippen LogP contribution in [0.5, 0.6) is 5.75 Å². The zero-order valence-electron chi connectivity index (χ0n) is 18.0. The Morgan fingerprint density at radius 2 is 1.88 bits per heavy atom. The number of nitrogens with one attached hydrogen (secondary N) is 2. The molecule has 166 valence electrons. The molecule has 0 saturated carbocycles. The maximum Gasteiger partial charge on any atom is 0.257 e. The van der Waals surface area contributed by atoms with Crippen LogP contribution in [0.25, 0.3) is 0 Å². The normalized spacial score (nSPS) is 10.4. The number of hydrogen-bond donors (Lipinski definition) is 2. The minimum atomic E-state index is -0.320. The van der Waals surface area contributed by atoms with Gasteiger partial charge in [0.05, 0.1) is 23.6 Å².